The largest absolute Gasteiger partial charge is 0.354 e. The molecule has 1 aliphatic heterocycles. The van der Waals surface area contributed by atoms with Gasteiger partial charge in [0.25, 0.3) is 0 Å². The number of hydrogen-bond donors (Lipinski definition) is 2. The zero-order valence-electron chi connectivity index (χ0n) is 13.2. The van der Waals surface area contributed by atoms with Gasteiger partial charge >= 0.3 is 0 Å². The van der Waals surface area contributed by atoms with Crippen LogP contribution in [0.15, 0.2) is 0 Å². The minimum absolute atomic E-state index is 0.0141. The van der Waals surface area contributed by atoms with Gasteiger partial charge in [-0.05, 0) is 37.1 Å². The highest BCUT2D eigenvalue weighted by Crippen LogP contribution is 2.23. The first-order valence-corrected chi connectivity index (χ1v) is 7.97. The summed E-state index contributed by atoms with van der Waals surface area (Å²) in [5.74, 6) is 0.646. The fourth-order valence-corrected chi connectivity index (χ4v) is 2.78. The molecule has 1 fully saturated rings. The van der Waals surface area contributed by atoms with E-state index in [0.29, 0.717) is 5.92 Å². The van der Waals surface area contributed by atoms with Crippen LogP contribution < -0.4 is 10.6 Å². The molecule has 1 rings (SSSR count). The van der Waals surface area contributed by atoms with Crippen LogP contribution in [0, 0.1) is 11.3 Å². The second-order valence-electron chi connectivity index (χ2n) is 6.89. The Hall–Kier alpha value is -0.570. The lowest BCUT2D eigenvalue weighted by molar-refractivity contribution is -0.125. The van der Waals surface area contributed by atoms with E-state index in [1.54, 1.807) is 0 Å². The van der Waals surface area contributed by atoms with Gasteiger partial charge in [0.05, 0.1) is 6.04 Å². The standard InChI is InChI=1S/C16H32N2O/c1-5-6-7-10-16(3,4)12-18-15(19)14-13(2)9-8-11-17-14/h13-14,17H,5-12H2,1-4H3,(H,18,19). The summed E-state index contributed by atoms with van der Waals surface area (Å²) in [6.45, 7) is 10.7. The Morgan fingerprint density at radius 1 is 1.37 bits per heavy atom. The number of unbranched alkanes of at least 4 members (excludes halogenated alkanes) is 2. The smallest absolute Gasteiger partial charge is 0.237 e. The first kappa shape index (κ1) is 16.5. The van der Waals surface area contributed by atoms with Crippen molar-refractivity contribution in [3.8, 4) is 0 Å². The highest BCUT2D eigenvalue weighted by Gasteiger charge is 2.28. The minimum Gasteiger partial charge on any atom is -0.354 e. The van der Waals surface area contributed by atoms with Crippen LogP contribution in [0.1, 0.15) is 66.2 Å². The summed E-state index contributed by atoms with van der Waals surface area (Å²) in [4.78, 5) is 12.2. The van der Waals surface area contributed by atoms with E-state index in [2.05, 4.69) is 38.3 Å². The summed E-state index contributed by atoms with van der Waals surface area (Å²) in [5.41, 5.74) is 0.211. The predicted octanol–water partition coefficient (Wildman–Crippen LogP) is 3.10. The second kappa shape index (κ2) is 7.88. The predicted molar refractivity (Wildman–Crippen MR) is 81.1 cm³/mol. The molecule has 1 aliphatic rings. The van der Waals surface area contributed by atoms with Gasteiger partial charge in [0.1, 0.15) is 0 Å². The van der Waals surface area contributed by atoms with Gasteiger partial charge in [-0.2, -0.15) is 0 Å². The van der Waals surface area contributed by atoms with Crippen LogP contribution in [-0.2, 0) is 4.79 Å². The number of amides is 1. The van der Waals surface area contributed by atoms with E-state index in [4.69, 9.17) is 0 Å². The Morgan fingerprint density at radius 3 is 2.74 bits per heavy atom. The van der Waals surface area contributed by atoms with Gasteiger partial charge in [0, 0.05) is 6.54 Å². The summed E-state index contributed by atoms with van der Waals surface area (Å²) >= 11 is 0. The molecule has 3 heteroatoms. The average Bonchev–Trinajstić information content (AvgIpc) is 2.37. The van der Waals surface area contributed by atoms with Crippen LogP contribution in [0.25, 0.3) is 0 Å². The van der Waals surface area contributed by atoms with E-state index in [9.17, 15) is 4.79 Å². The van der Waals surface area contributed by atoms with Crippen molar-refractivity contribution in [3.63, 3.8) is 0 Å². The molecule has 3 nitrogen and oxygen atoms in total. The Balaban J connectivity index is 2.31. The molecule has 0 aromatic heterocycles. The second-order valence-corrected chi connectivity index (χ2v) is 6.89. The molecule has 2 unspecified atom stereocenters. The van der Waals surface area contributed by atoms with E-state index in [1.807, 2.05) is 0 Å². The van der Waals surface area contributed by atoms with Crippen molar-refractivity contribution in [3.05, 3.63) is 0 Å². The number of hydrogen-bond acceptors (Lipinski definition) is 2. The first-order valence-electron chi connectivity index (χ1n) is 7.97. The molecule has 0 aromatic carbocycles. The third-order valence-electron chi connectivity index (χ3n) is 4.25. The van der Waals surface area contributed by atoms with Crippen molar-refractivity contribution in [2.45, 2.75) is 72.3 Å². The van der Waals surface area contributed by atoms with Gasteiger partial charge < -0.3 is 10.6 Å². The highest BCUT2D eigenvalue weighted by molar-refractivity contribution is 5.82. The summed E-state index contributed by atoms with van der Waals surface area (Å²) in [5, 5.41) is 6.49. The van der Waals surface area contributed by atoms with Crippen molar-refractivity contribution in [2.75, 3.05) is 13.1 Å². The third-order valence-corrected chi connectivity index (χ3v) is 4.25. The van der Waals surface area contributed by atoms with E-state index in [-0.39, 0.29) is 17.4 Å². The molecular formula is C16H32N2O. The molecule has 1 heterocycles. The van der Waals surface area contributed by atoms with Crippen molar-refractivity contribution < 1.29 is 4.79 Å². The van der Waals surface area contributed by atoms with E-state index >= 15 is 0 Å². The lowest BCUT2D eigenvalue weighted by Gasteiger charge is -2.31. The van der Waals surface area contributed by atoms with Crippen molar-refractivity contribution >= 4 is 5.91 Å². The third kappa shape index (κ3) is 5.94. The van der Waals surface area contributed by atoms with Crippen LogP contribution in [0.4, 0.5) is 0 Å². The van der Waals surface area contributed by atoms with Crippen LogP contribution in [-0.4, -0.2) is 25.0 Å². The summed E-state index contributed by atoms with van der Waals surface area (Å²) in [7, 11) is 0. The maximum Gasteiger partial charge on any atom is 0.237 e. The zero-order valence-corrected chi connectivity index (χ0v) is 13.2. The lowest BCUT2D eigenvalue weighted by Crippen LogP contribution is -2.52. The normalized spacial score (nSPS) is 24.2. The average molecular weight is 268 g/mol. The molecular weight excluding hydrogens is 236 g/mol. The summed E-state index contributed by atoms with van der Waals surface area (Å²) in [6, 6.07) is 0.0141. The highest BCUT2D eigenvalue weighted by atomic mass is 16.2. The molecule has 2 N–H and O–H groups in total. The minimum atomic E-state index is 0.0141. The van der Waals surface area contributed by atoms with Crippen LogP contribution in [0.3, 0.4) is 0 Å². The molecule has 19 heavy (non-hydrogen) atoms. The molecule has 112 valence electrons. The van der Waals surface area contributed by atoms with E-state index in [0.717, 1.165) is 19.5 Å². The Morgan fingerprint density at radius 2 is 2.11 bits per heavy atom. The lowest BCUT2D eigenvalue weighted by atomic mass is 9.86. The van der Waals surface area contributed by atoms with E-state index < -0.39 is 0 Å². The zero-order chi connectivity index (χ0) is 14.3. The van der Waals surface area contributed by atoms with Crippen LogP contribution in [0.5, 0.6) is 0 Å². The van der Waals surface area contributed by atoms with Crippen molar-refractivity contribution in [2.24, 2.45) is 11.3 Å². The number of carbonyl (C=O) groups is 1. The van der Waals surface area contributed by atoms with Crippen LogP contribution >= 0.6 is 0 Å². The molecule has 0 aliphatic carbocycles. The van der Waals surface area contributed by atoms with Crippen LogP contribution in [0.2, 0.25) is 0 Å². The number of carbonyl (C=O) groups excluding carboxylic acids is 1. The Labute approximate surface area is 118 Å². The number of nitrogens with one attached hydrogen (secondary N) is 2. The molecule has 0 spiro atoms. The number of piperidine rings is 1. The van der Waals surface area contributed by atoms with Gasteiger partial charge in [-0.25, -0.2) is 0 Å². The maximum absolute atomic E-state index is 12.2. The van der Waals surface area contributed by atoms with Crippen molar-refractivity contribution in [1.29, 1.82) is 0 Å². The summed E-state index contributed by atoms with van der Waals surface area (Å²) in [6.07, 6.45) is 7.34. The van der Waals surface area contributed by atoms with Gasteiger partial charge in [-0.3, -0.25) is 4.79 Å². The molecule has 0 bridgehead atoms. The molecule has 1 amide bonds. The van der Waals surface area contributed by atoms with E-state index in [1.165, 1.54) is 32.1 Å². The van der Waals surface area contributed by atoms with Gasteiger partial charge in [-0.1, -0.05) is 47.0 Å². The monoisotopic (exact) mass is 268 g/mol. The molecule has 0 aromatic rings. The Kier molecular flexibility index (Phi) is 6.84. The Bertz CT molecular complexity index is 276. The molecule has 0 radical (unpaired) electrons. The van der Waals surface area contributed by atoms with Gasteiger partial charge in [0.15, 0.2) is 0 Å². The summed E-state index contributed by atoms with van der Waals surface area (Å²) < 4.78 is 0. The first-order chi connectivity index (χ1) is 8.96. The topological polar surface area (TPSA) is 41.1 Å². The fraction of sp³-hybridized carbons (Fsp3) is 0.938. The fourth-order valence-electron chi connectivity index (χ4n) is 2.78. The molecule has 1 saturated heterocycles. The molecule has 0 saturated carbocycles. The quantitative estimate of drug-likeness (QED) is 0.697. The molecule has 2 atom stereocenters. The van der Waals surface area contributed by atoms with Gasteiger partial charge in [-0.15, -0.1) is 0 Å². The SMILES string of the molecule is CCCCCC(C)(C)CNC(=O)C1NCCCC1C. The maximum atomic E-state index is 12.2. The number of rotatable bonds is 7. The van der Waals surface area contributed by atoms with Gasteiger partial charge in [0.2, 0.25) is 5.91 Å². The van der Waals surface area contributed by atoms with Crippen molar-refractivity contribution in [1.82, 2.24) is 10.6 Å².